The van der Waals surface area contributed by atoms with Crippen LogP contribution in [0.25, 0.3) is 0 Å². The highest BCUT2D eigenvalue weighted by Gasteiger charge is 2.30. The van der Waals surface area contributed by atoms with Gasteiger partial charge in [0.1, 0.15) is 0 Å². The van der Waals surface area contributed by atoms with E-state index >= 15 is 0 Å². The molecule has 0 unspecified atom stereocenters. The summed E-state index contributed by atoms with van der Waals surface area (Å²) in [7, 11) is 0. The molecule has 16 heavy (non-hydrogen) atoms. The van der Waals surface area contributed by atoms with Crippen LogP contribution < -0.4 is 5.32 Å². The van der Waals surface area contributed by atoms with E-state index in [2.05, 4.69) is 17.1 Å². The van der Waals surface area contributed by atoms with E-state index < -0.39 is 0 Å². The lowest BCUT2D eigenvalue weighted by atomic mass is 10.1. The molecule has 1 amide bonds. The van der Waals surface area contributed by atoms with Crippen molar-refractivity contribution in [2.24, 2.45) is 0 Å². The van der Waals surface area contributed by atoms with E-state index in [4.69, 9.17) is 0 Å². The zero-order chi connectivity index (χ0) is 11.4. The molecule has 0 saturated carbocycles. The maximum Gasteiger partial charge on any atom is 0.239 e. The summed E-state index contributed by atoms with van der Waals surface area (Å²) in [6.45, 7) is 8.37. The van der Waals surface area contributed by atoms with Crippen LogP contribution in [0.2, 0.25) is 0 Å². The highest BCUT2D eigenvalue weighted by molar-refractivity contribution is 5.82. The topological polar surface area (TPSA) is 35.6 Å². The fourth-order valence-corrected chi connectivity index (χ4v) is 2.29. The van der Waals surface area contributed by atoms with Crippen LogP contribution in [0.15, 0.2) is 0 Å². The molecule has 0 radical (unpaired) electrons. The Hall–Kier alpha value is -0.610. The second-order valence-electron chi connectivity index (χ2n) is 4.82. The Morgan fingerprint density at radius 1 is 1.31 bits per heavy atom. The van der Waals surface area contributed by atoms with Crippen LogP contribution in [0.3, 0.4) is 0 Å². The molecule has 0 aliphatic carbocycles. The highest BCUT2D eigenvalue weighted by Crippen LogP contribution is 2.10. The predicted octanol–water partition coefficient (Wildman–Crippen LogP) is 0.293. The maximum absolute atomic E-state index is 11.9. The molecule has 2 aliphatic rings. The Balaban J connectivity index is 1.69. The van der Waals surface area contributed by atoms with Crippen LogP contribution in [-0.4, -0.2) is 61.0 Å². The summed E-state index contributed by atoms with van der Waals surface area (Å²) in [5.74, 6) is 0.321. The summed E-state index contributed by atoms with van der Waals surface area (Å²) in [5, 5.41) is 3.18. The molecule has 0 aromatic carbocycles. The van der Waals surface area contributed by atoms with Crippen molar-refractivity contribution in [3.05, 3.63) is 0 Å². The molecule has 92 valence electrons. The first kappa shape index (κ1) is 11.9. The van der Waals surface area contributed by atoms with Crippen molar-refractivity contribution in [3.8, 4) is 0 Å². The van der Waals surface area contributed by atoms with Gasteiger partial charge < -0.3 is 10.2 Å². The number of hydrogen-bond donors (Lipinski definition) is 1. The summed E-state index contributed by atoms with van der Waals surface area (Å²) < 4.78 is 0. The molecule has 2 rings (SSSR count). The number of carbonyl (C=O) groups is 1. The number of nitrogens with one attached hydrogen (secondary N) is 1. The Kier molecular flexibility index (Phi) is 4.18. The van der Waals surface area contributed by atoms with Crippen LogP contribution >= 0.6 is 0 Å². The molecule has 2 saturated heterocycles. The highest BCUT2D eigenvalue weighted by atomic mass is 16.2. The van der Waals surface area contributed by atoms with Gasteiger partial charge in [0.15, 0.2) is 0 Å². The zero-order valence-electron chi connectivity index (χ0n) is 10.2. The largest absolute Gasteiger partial charge is 0.339 e. The monoisotopic (exact) mass is 225 g/mol. The first-order chi connectivity index (χ1) is 7.81. The summed E-state index contributed by atoms with van der Waals surface area (Å²) in [6, 6.07) is 0.127. The standard InChI is InChI=1S/C12H23N3O/c1-2-3-6-14-7-9-15(10-8-14)12(16)11-4-5-13-11/h11,13H,2-10H2,1H3/t11-/m0/s1. The smallest absolute Gasteiger partial charge is 0.239 e. The van der Waals surface area contributed by atoms with Crippen molar-refractivity contribution in [2.45, 2.75) is 32.2 Å². The number of hydrogen-bond acceptors (Lipinski definition) is 3. The third-order valence-electron chi connectivity index (χ3n) is 3.63. The van der Waals surface area contributed by atoms with E-state index in [9.17, 15) is 4.79 Å². The Morgan fingerprint density at radius 2 is 2.00 bits per heavy atom. The second kappa shape index (κ2) is 5.64. The minimum atomic E-state index is 0.127. The van der Waals surface area contributed by atoms with Gasteiger partial charge in [-0.15, -0.1) is 0 Å². The molecule has 4 nitrogen and oxygen atoms in total. The number of carbonyl (C=O) groups excluding carboxylic acids is 1. The van der Waals surface area contributed by atoms with Gasteiger partial charge in [0.2, 0.25) is 5.91 Å². The minimum Gasteiger partial charge on any atom is -0.339 e. The summed E-state index contributed by atoms with van der Waals surface area (Å²) in [6.07, 6.45) is 3.55. The van der Waals surface area contributed by atoms with Crippen molar-refractivity contribution >= 4 is 5.91 Å². The van der Waals surface area contributed by atoms with Gasteiger partial charge in [-0.2, -0.15) is 0 Å². The molecule has 0 aromatic heterocycles. The molecule has 0 spiro atoms. The molecule has 0 bridgehead atoms. The Bertz CT molecular complexity index is 232. The van der Waals surface area contributed by atoms with Gasteiger partial charge in [0, 0.05) is 26.2 Å². The average molecular weight is 225 g/mol. The van der Waals surface area contributed by atoms with E-state index in [1.807, 2.05) is 4.90 Å². The second-order valence-corrected chi connectivity index (χ2v) is 4.82. The molecular weight excluding hydrogens is 202 g/mol. The van der Waals surface area contributed by atoms with Crippen molar-refractivity contribution in [1.82, 2.24) is 15.1 Å². The molecule has 2 aliphatic heterocycles. The summed E-state index contributed by atoms with van der Waals surface area (Å²) in [4.78, 5) is 16.4. The van der Waals surface area contributed by atoms with E-state index in [0.29, 0.717) is 5.91 Å². The quantitative estimate of drug-likeness (QED) is 0.747. The van der Waals surface area contributed by atoms with Gasteiger partial charge in [-0.25, -0.2) is 0 Å². The fourth-order valence-electron chi connectivity index (χ4n) is 2.29. The predicted molar refractivity (Wildman–Crippen MR) is 64.3 cm³/mol. The van der Waals surface area contributed by atoms with Crippen LogP contribution in [-0.2, 0) is 4.79 Å². The van der Waals surface area contributed by atoms with E-state index in [1.54, 1.807) is 0 Å². The minimum absolute atomic E-state index is 0.127. The molecule has 4 heteroatoms. The third-order valence-corrected chi connectivity index (χ3v) is 3.63. The zero-order valence-corrected chi connectivity index (χ0v) is 10.2. The first-order valence-electron chi connectivity index (χ1n) is 6.56. The average Bonchev–Trinajstić information content (AvgIpc) is 2.24. The van der Waals surface area contributed by atoms with Crippen molar-refractivity contribution in [2.75, 3.05) is 39.3 Å². The van der Waals surface area contributed by atoms with Gasteiger partial charge in [-0.1, -0.05) is 13.3 Å². The van der Waals surface area contributed by atoms with Crippen LogP contribution in [0, 0.1) is 0 Å². The van der Waals surface area contributed by atoms with E-state index in [0.717, 1.165) is 39.1 Å². The number of rotatable bonds is 4. The van der Waals surface area contributed by atoms with Gasteiger partial charge >= 0.3 is 0 Å². The van der Waals surface area contributed by atoms with Crippen LogP contribution in [0.5, 0.6) is 0 Å². The lowest BCUT2D eigenvalue weighted by molar-refractivity contribution is -0.136. The van der Waals surface area contributed by atoms with Gasteiger partial charge in [-0.05, 0) is 25.9 Å². The van der Waals surface area contributed by atoms with Gasteiger partial charge in [0.25, 0.3) is 0 Å². The Morgan fingerprint density at radius 3 is 2.50 bits per heavy atom. The van der Waals surface area contributed by atoms with E-state index in [-0.39, 0.29) is 6.04 Å². The summed E-state index contributed by atoms with van der Waals surface area (Å²) in [5.41, 5.74) is 0. The van der Waals surface area contributed by atoms with Gasteiger partial charge in [0.05, 0.1) is 6.04 Å². The van der Waals surface area contributed by atoms with Crippen molar-refractivity contribution < 1.29 is 4.79 Å². The van der Waals surface area contributed by atoms with Crippen LogP contribution in [0.4, 0.5) is 0 Å². The van der Waals surface area contributed by atoms with Crippen LogP contribution in [0.1, 0.15) is 26.2 Å². The lowest BCUT2D eigenvalue weighted by Gasteiger charge is -2.38. The van der Waals surface area contributed by atoms with Gasteiger partial charge in [-0.3, -0.25) is 9.69 Å². The SMILES string of the molecule is CCCCN1CCN(C(=O)[C@@H]2CCN2)CC1. The third kappa shape index (κ3) is 2.74. The van der Waals surface area contributed by atoms with Crippen molar-refractivity contribution in [1.29, 1.82) is 0 Å². The Labute approximate surface area is 98.0 Å². The normalized spacial score (nSPS) is 26.6. The van der Waals surface area contributed by atoms with Crippen molar-refractivity contribution in [3.63, 3.8) is 0 Å². The number of unbranched alkanes of at least 4 members (excludes halogenated alkanes) is 1. The molecule has 2 heterocycles. The summed E-state index contributed by atoms with van der Waals surface area (Å²) >= 11 is 0. The molecule has 1 atom stereocenters. The molecule has 0 aromatic rings. The molecule has 2 fully saturated rings. The number of amides is 1. The lowest BCUT2D eigenvalue weighted by Crippen LogP contribution is -2.58. The first-order valence-corrected chi connectivity index (χ1v) is 6.56. The van der Waals surface area contributed by atoms with E-state index in [1.165, 1.54) is 19.4 Å². The number of nitrogens with zero attached hydrogens (tertiary/aromatic N) is 2. The fraction of sp³-hybridized carbons (Fsp3) is 0.917. The maximum atomic E-state index is 11.9. The molecule has 1 N–H and O–H groups in total. The molecular formula is C12H23N3O. The number of piperazine rings is 1.